The second kappa shape index (κ2) is 47.9. The summed E-state index contributed by atoms with van der Waals surface area (Å²) in [4.78, 5) is 58.2. The lowest BCUT2D eigenvalue weighted by Crippen LogP contribution is -2.41. The molecule has 13 heteroatoms. The average Bonchev–Trinajstić information content (AvgIpc) is 3.47. The summed E-state index contributed by atoms with van der Waals surface area (Å²) < 4.78 is 40.6. The highest BCUT2D eigenvalue weighted by molar-refractivity contribution is 6.27. The summed E-state index contributed by atoms with van der Waals surface area (Å²) in [7, 11) is 1.66. The van der Waals surface area contributed by atoms with Crippen molar-refractivity contribution in [2.75, 3.05) is 60.0 Å². The monoisotopic (exact) mass is 1140 g/mol. The van der Waals surface area contributed by atoms with E-state index in [2.05, 4.69) is 19.6 Å². The molecule has 0 radical (unpaired) electrons. The third-order valence-corrected chi connectivity index (χ3v) is 16.7. The average molecular weight is 1140 g/mol. The fourth-order valence-electron chi connectivity index (χ4n) is 11.1. The third-order valence-electron chi connectivity index (χ3n) is 16.7. The number of allylic oxidation sites excluding steroid dienone is 6. The Morgan fingerprint density at radius 1 is 0.667 bits per heavy atom. The van der Waals surface area contributed by atoms with Crippen molar-refractivity contribution >= 4 is 30.6 Å². The predicted octanol–water partition coefficient (Wildman–Crippen LogP) is 14.2. The van der Waals surface area contributed by atoms with Crippen molar-refractivity contribution in [1.29, 1.82) is 0 Å². The molecule has 464 valence electrons. The van der Waals surface area contributed by atoms with Crippen LogP contribution in [0.15, 0.2) is 59.8 Å². The number of hydrogen-bond acceptors (Lipinski definition) is 13. The van der Waals surface area contributed by atoms with E-state index in [1.54, 1.807) is 7.11 Å². The topological polar surface area (TPSA) is 170 Å². The van der Waals surface area contributed by atoms with Crippen molar-refractivity contribution in [3.05, 3.63) is 59.8 Å². The van der Waals surface area contributed by atoms with Gasteiger partial charge >= 0.3 is 0 Å². The van der Waals surface area contributed by atoms with Crippen molar-refractivity contribution in [3.63, 3.8) is 0 Å². The number of carbonyl (C=O) groups is 5. The summed E-state index contributed by atoms with van der Waals surface area (Å²) in [5.74, 6) is 0.837. The number of ether oxygens (including phenoxy) is 7. The number of hydrogen-bond donors (Lipinski definition) is 1. The van der Waals surface area contributed by atoms with Crippen LogP contribution in [0.25, 0.3) is 0 Å². The van der Waals surface area contributed by atoms with E-state index < -0.39 is 18.0 Å². The summed E-state index contributed by atoms with van der Waals surface area (Å²) in [6.07, 6.45) is 37.5. The zero-order valence-corrected chi connectivity index (χ0v) is 51.8. The van der Waals surface area contributed by atoms with Gasteiger partial charge in [0, 0.05) is 91.6 Å². The highest BCUT2D eigenvalue weighted by atomic mass is 16.5. The first-order valence-electron chi connectivity index (χ1n) is 31.8. The van der Waals surface area contributed by atoms with Gasteiger partial charge in [-0.25, -0.2) is 0 Å². The maximum Gasteiger partial charge on any atom is 0.293 e. The van der Waals surface area contributed by atoms with E-state index in [1.165, 1.54) is 32.1 Å². The second-order valence-electron chi connectivity index (χ2n) is 23.9. The molecule has 0 amide bonds. The Morgan fingerprint density at radius 2 is 1.21 bits per heavy atom. The Balaban J connectivity index is 1.52. The molecular formula is C68H114O13. The van der Waals surface area contributed by atoms with Crippen molar-refractivity contribution in [1.82, 2.24) is 0 Å². The Kier molecular flexibility index (Phi) is 43.5. The van der Waals surface area contributed by atoms with E-state index in [1.807, 2.05) is 65.0 Å². The smallest absolute Gasteiger partial charge is 0.293 e. The molecule has 1 saturated heterocycles. The summed E-state index contributed by atoms with van der Waals surface area (Å²) in [6, 6.07) is 0. The minimum atomic E-state index is -0.880. The number of unbranched alkanes of at least 4 members (excludes halogenated alkanes) is 9. The molecule has 1 heterocycles. The van der Waals surface area contributed by atoms with E-state index in [9.17, 15) is 29.1 Å². The quantitative estimate of drug-likeness (QED) is 0.0201. The maximum atomic E-state index is 13.2. The van der Waals surface area contributed by atoms with Crippen LogP contribution in [0, 0.1) is 35.5 Å². The number of rotatable bonds is 52. The van der Waals surface area contributed by atoms with Crippen LogP contribution in [-0.2, 0) is 57.1 Å². The molecule has 2 aliphatic rings. The van der Waals surface area contributed by atoms with E-state index in [0.717, 1.165) is 191 Å². The van der Waals surface area contributed by atoms with Crippen molar-refractivity contribution in [3.8, 4) is 0 Å². The number of ketones is 2. The van der Waals surface area contributed by atoms with Crippen molar-refractivity contribution in [2.45, 2.75) is 245 Å². The molecule has 2 rings (SSSR count). The van der Waals surface area contributed by atoms with E-state index in [-0.39, 0.29) is 54.2 Å². The standard InChI is InChI=1S/C68H114O13/c1-53(26-15-11-16-27-54(2)67(75-8)49-63-35-29-55(3)68(81-63)66(74)51-70)46-58(6)64(72)50-65(73)59(7)47-56(4)57(5)48-62(80-52-71)36-34-61-32-30-60(31-33-61)28-25-45-79-44-24-14-23-43-78-42-22-13-21-41-77-40-20-12-19-39-76-38-18-10-9-17-37-69/h11,15-16,26-27,37,47,51-53,55-56,58,60-63,65,67-68,73H,5,9-10,12-14,17-25,28-36,38-46,48-50H2,1-4,6-8H3/b16-11+,26-15+,54-27+,59-47+/t53?,55-,56?,58?,60?,61?,62?,63?,65?,67?,68?/m1/s1. The molecule has 2 fully saturated rings. The number of carbonyl (C=O) groups excluding carboxylic acids is 5. The van der Waals surface area contributed by atoms with Gasteiger partial charge in [-0.1, -0.05) is 108 Å². The molecule has 0 bridgehead atoms. The highest BCUT2D eigenvalue weighted by Gasteiger charge is 2.34. The minimum Gasteiger partial charge on any atom is -0.464 e. The van der Waals surface area contributed by atoms with Crippen LogP contribution >= 0.6 is 0 Å². The molecule has 1 aliphatic carbocycles. The molecule has 1 saturated carbocycles. The molecule has 0 aromatic heterocycles. The first-order chi connectivity index (χ1) is 39.2. The van der Waals surface area contributed by atoms with Gasteiger partial charge in [0.1, 0.15) is 24.3 Å². The zero-order valence-electron chi connectivity index (χ0n) is 51.8. The Labute approximate surface area is 491 Å². The van der Waals surface area contributed by atoms with Gasteiger partial charge in [-0.05, 0) is 170 Å². The van der Waals surface area contributed by atoms with Crippen LogP contribution in [-0.4, -0.2) is 126 Å². The van der Waals surface area contributed by atoms with Gasteiger partial charge in [0.15, 0.2) is 6.29 Å². The molecule has 1 N–H and O–H groups in total. The lowest BCUT2D eigenvalue weighted by Gasteiger charge is -2.34. The molecule has 9 atom stereocenters. The van der Waals surface area contributed by atoms with Crippen LogP contribution in [0.1, 0.15) is 215 Å². The first kappa shape index (κ1) is 73.7. The predicted molar refractivity (Wildman–Crippen MR) is 325 cm³/mol. The second-order valence-corrected chi connectivity index (χ2v) is 23.9. The maximum absolute atomic E-state index is 13.2. The SMILES string of the molecule is C=C(CC(CCC1CCC(CCCOCCCCCOCCCCCOCCCCCOCCCCCC=O)CC1)OC=O)C(C)/C=C(\C)C(O)CC(=O)C(C)CC(C)/C=C/C=C/C=C(\C)C(CC1CC[C@@H](C)C(C(=O)C=O)O1)OC. The van der Waals surface area contributed by atoms with Crippen LogP contribution < -0.4 is 0 Å². The molecule has 0 aromatic carbocycles. The third kappa shape index (κ3) is 36.1. The Hall–Kier alpha value is -3.43. The fourth-order valence-corrected chi connectivity index (χ4v) is 11.1. The number of methoxy groups -OCH3 is 1. The lowest BCUT2D eigenvalue weighted by molar-refractivity contribution is -0.151. The van der Waals surface area contributed by atoms with E-state index in [0.29, 0.717) is 44.4 Å². The molecule has 81 heavy (non-hydrogen) atoms. The number of Topliss-reactive ketones (excluding diaryl/α,β-unsaturated/α-hetero) is 2. The van der Waals surface area contributed by atoms with Crippen LogP contribution in [0.3, 0.4) is 0 Å². The van der Waals surface area contributed by atoms with Crippen LogP contribution in [0.4, 0.5) is 0 Å². The van der Waals surface area contributed by atoms with E-state index >= 15 is 0 Å². The number of aliphatic hydroxyl groups excluding tert-OH is 1. The molecular weight excluding hydrogens is 1020 g/mol. The summed E-state index contributed by atoms with van der Waals surface area (Å²) in [5, 5.41) is 11.1. The summed E-state index contributed by atoms with van der Waals surface area (Å²) in [6.45, 7) is 23.4. The van der Waals surface area contributed by atoms with E-state index in [4.69, 9.17) is 33.2 Å². The zero-order chi connectivity index (χ0) is 59.3. The summed E-state index contributed by atoms with van der Waals surface area (Å²) in [5.41, 5.74) is 2.71. The van der Waals surface area contributed by atoms with Crippen molar-refractivity contribution < 1.29 is 62.2 Å². The molecule has 0 aromatic rings. The van der Waals surface area contributed by atoms with Gasteiger partial charge < -0.3 is 43.1 Å². The van der Waals surface area contributed by atoms with Crippen LogP contribution in [0.2, 0.25) is 0 Å². The number of aldehydes is 2. The summed E-state index contributed by atoms with van der Waals surface area (Å²) >= 11 is 0. The van der Waals surface area contributed by atoms with Gasteiger partial charge in [-0.3, -0.25) is 19.2 Å². The molecule has 13 nitrogen and oxygen atoms in total. The normalized spacial score (nSPS) is 21.4. The van der Waals surface area contributed by atoms with Gasteiger partial charge in [0.05, 0.1) is 18.3 Å². The van der Waals surface area contributed by atoms with Gasteiger partial charge in [0.2, 0.25) is 5.78 Å². The van der Waals surface area contributed by atoms with Crippen LogP contribution in [0.5, 0.6) is 0 Å². The van der Waals surface area contributed by atoms with Gasteiger partial charge in [0.25, 0.3) is 6.47 Å². The lowest BCUT2D eigenvalue weighted by atomic mass is 9.78. The largest absolute Gasteiger partial charge is 0.464 e. The minimum absolute atomic E-state index is 0.0186. The van der Waals surface area contributed by atoms with Crippen molar-refractivity contribution in [2.24, 2.45) is 35.5 Å². The fraction of sp³-hybridized carbons (Fsp3) is 0.779. The first-order valence-corrected chi connectivity index (χ1v) is 31.8. The Bertz CT molecular complexity index is 1800. The Morgan fingerprint density at radius 3 is 1.74 bits per heavy atom. The number of aliphatic hydroxyl groups is 1. The molecule has 1 aliphatic heterocycles. The highest BCUT2D eigenvalue weighted by Crippen LogP contribution is 2.35. The van der Waals surface area contributed by atoms with Gasteiger partial charge in [-0.2, -0.15) is 0 Å². The molecule has 0 spiro atoms. The molecule has 8 unspecified atom stereocenters. The van der Waals surface area contributed by atoms with Gasteiger partial charge in [-0.15, -0.1) is 0 Å².